The molecule has 5 nitrogen and oxygen atoms in total. The number of aromatic nitrogens is 1. The van der Waals surface area contributed by atoms with Crippen molar-refractivity contribution in [3.05, 3.63) is 92.9 Å². The van der Waals surface area contributed by atoms with Crippen LogP contribution in [0.2, 0.25) is 15.1 Å². The first-order valence-electron chi connectivity index (χ1n) is 9.91. The van der Waals surface area contributed by atoms with Crippen LogP contribution in [0.15, 0.2) is 66.7 Å². The Labute approximate surface area is 205 Å². The SMILES string of the molecule is Cc1c(Cl)cccc1NC(=O)COC(=O)c1cc(-c2ccc(Cl)cc2Cl)nc2ccccc12. The van der Waals surface area contributed by atoms with Crippen molar-refractivity contribution in [1.82, 2.24) is 4.98 Å². The fourth-order valence-electron chi connectivity index (χ4n) is 3.32. The Morgan fingerprint density at radius 3 is 2.52 bits per heavy atom. The van der Waals surface area contributed by atoms with Gasteiger partial charge in [-0.15, -0.1) is 0 Å². The van der Waals surface area contributed by atoms with Gasteiger partial charge in [-0.3, -0.25) is 4.79 Å². The van der Waals surface area contributed by atoms with E-state index in [2.05, 4.69) is 10.3 Å². The van der Waals surface area contributed by atoms with Crippen molar-refractivity contribution in [3.63, 3.8) is 0 Å². The fraction of sp³-hybridized carbons (Fsp3) is 0.0800. The van der Waals surface area contributed by atoms with Crippen LogP contribution in [0, 0.1) is 6.92 Å². The summed E-state index contributed by atoms with van der Waals surface area (Å²) in [4.78, 5) is 29.9. The van der Waals surface area contributed by atoms with E-state index in [4.69, 9.17) is 39.5 Å². The van der Waals surface area contributed by atoms with Crippen molar-refractivity contribution in [2.45, 2.75) is 6.92 Å². The second-order valence-electron chi connectivity index (χ2n) is 7.23. The monoisotopic (exact) mass is 498 g/mol. The van der Waals surface area contributed by atoms with Gasteiger partial charge in [0, 0.05) is 26.7 Å². The molecular weight excluding hydrogens is 483 g/mol. The van der Waals surface area contributed by atoms with Gasteiger partial charge in [0.2, 0.25) is 0 Å². The van der Waals surface area contributed by atoms with E-state index in [-0.39, 0.29) is 5.56 Å². The molecule has 3 aromatic carbocycles. The summed E-state index contributed by atoms with van der Waals surface area (Å²) < 4.78 is 5.31. The van der Waals surface area contributed by atoms with Crippen LogP contribution in [0.4, 0.5) is 5.69 Å². The van der Waals surface area contributed by atoms with Gasteiger partial charge in [-0.2, -0.15) is 0 Å². The first-order valence-corrected chi connectivity index (χ1v) is 11.0. The van der Waals surface area contributed by atoms with Crippen LogP contribution in [-0.2, 0) is 9.53 Å². The number of benzene rings is 3. The highest BCUT2D eigenvalue weighted by molar-refractivity contribution is 6.36. The number of esters is 1. The maximum atomic E-state index is 13.0. The van der Waals surface area contributed by atoms with Crippen molar-refractivity contribution in [2.24, 2.45) is 0 Å². The largest absolute Gasteiger partial charge is 0.452 e. The van der Waals surface area contributed by atoms with Crippen LogP contribution < -0.4 is 5.32 Å². The highest BCUT2D eigenvalue weighted by atomic mass is 35.5. The average Bonchev–Trinajstić information content (AvgIpc) is 2.80. The smallest absolute Gasteiger partial charge is 0.339 e. The standard InChI is InChI=1S/C25H17Cl3N2O3/c1-14-19(27)6-4-8-21(14)30-24(31)13-33-25(32)18-12-23(17-10-9-15(26)11-20(17)28)29-22-7-3-2-5-16(18)22/h2-12H,13H2,1H3,(H,30,31). The van der Waals surface area contributed by atoms with E-state index in [0.29, 0.717) is 42.9 Å². The molecule has 0 aliphatic heterocycles. The van der Waals surface area contributed by atoms with Gasteiger partial charge in [0.1, 0.15) is 0 Å². The minimum Gasteiger partial charge on any atom is -0.452 e. The molecule has 0 unspecified atom stereocenters. The van der Waals surface area contributed by atoms with Crippen LogP contribution in [0.1, 0.15) is 15.9 Å². The molecular formula is C25H17Cl3N2O3. The number of hydrogen-bond acceptors (Lipinski definition) is 4. The van der Waals surface area contributed by atoms with Crippen molar-refractivity contribution in [3.8, 4) is 11.3 Å². The predicted octanol–water partition coefficient (Wildman–Crippen LogP) is 6.97. The lowest BCUT2D eigenvalue weighted by Crippen LogP contribution is -2.21. The number of halogens is 3. The number of fused-ring (bicyclic) bond motifs is 1. The van der Waals surface area contributed by atoms with Gasteiger partial charge in [-0.05, 0) is 55.0 Å². The number of carbonyl (C=O) groups excluding carboxylic acids is 2. The predicted molar refractivity (Wildman–Crippen MR) is 132 cm³/mol. The number of rotatable bonds is 5. The molecule has 0 aliphatic carbocycles. The van der Waals surface area contributed by atoms with Gasteiger partial charge in [-0.1, -0.05) is 59.1 Å². The first kappa shape index (κ1) is 23.1. The van der Waals surface area contributed by atoms with E-state index >= 15 is 0 Å². The Morgan fingerprint density at radius 1 is 0.939 bits per heavy atom. The molecule has 1 amide bonds. The molecule has 0 saturated heterocycles. The molecule has 33 heavy (non-hydrogen) atoms. The number of hydrogen-bond donors (Lipinski definition) is 1. The van der Waals surface area contributed by atoms with E-state index in [1.54, 1.807) is 67.6 Å². The van der Waals surface area contributed by atoms with Crippen LogP contribution >= 0.6 is 34.8 Å². The van der Waals surface area contributed by atoms with Crippen molar-refractivity contribution < 1.29 is 14.3 Å². The number of amides is 1. The number of anilines is 1. The summed E-state index contributed by atoms with van der Waals surface area (Å²) >= 11 is 18.4. The zero-order valence-electron chi connectivity index (χ0n) is 17.4. The molecule has 8 heteroatoms. The van der Waals surface area contributed by atoms with E-state index < -0.39 is 18.5 Å². The first-order chi connectivity index (χ1) is 15.8. The summed E-state index contributed by atoms with van der Waals surface area (Å²) in [7, 11) is 0. The van der Waals surface area contributed by atoms with Gasteiger partial charge in [0.05, 0.1) is 21.8 Å². The Hall–Kier alpha value is -3.12. The van der Waals surface area contributed by atoms with Gasteiger partial charge in [-0.25, -0.2) is 9.78 Å². The lowest BCUT2D eigenvalue weighted by atomic mass is 10.0. The average molecular weight is 500 g/mol. The summed E-state index contributed by atoms with van der Waals surface area (Å²) in [6, 6.07) is 19.0. The third-order valence-electron chi connectivity index (χ3n) is 5.02. The summed E-state index contributed by atoms with van der Waals surface area (Å²) in [5.74, 6) is -1.13. The van der Waals surface area contributed by atoms with E-state index in [1.807, 2.05) is 6.07 Å². The molecule has 0 saturated carbocycles. The van der Waals surface area contributed by atoms with E-state index in [9.17, 15) is 9.59 Å². The highest BCUT2D eigenvalue weighted by Gasteiger charge is 2.18. The van der Waals surface area contributed by atoms with Gasteiger partial charge < -0.3 is 10.1 Å². The van der Waals surface area contributed by atoms with Crippen LogP contribution in [-0.4, -0.2) is 23.5 Å². The summed E-state index contributed by atoms with van der Waals surface area (Å²) in [5.41, 5.74) is 3.25. The molecule has 1 N–H and O–H groups in total. The molecule has 0 aliphatic rings. The third-order valence-corrected chi connectivity index (χ3v) is 5.98. The number of carbonyl (C=O) groups is 2. The normalized spacial score (nSPS) is 10.8. The number of nitrogens with one attached hydrogen (secondary N) is 1. The molecule has 4 aromatic rings. The topological polar surface area (TPSA) is 68.3 Å². The lowest BCUT2D eigenvalue weighted by molar-refractivity contribution is -0.119. The Kier molecular flexibility index (Phi) is 6.84. The summed E-state index contributed by atoms with van der Waals surface area (Å²) in [6.45, 7) is 1.33. The number of pyridine rings is 1. The molecule has 0 spiro atoms. The van der Waals surface area contributed by atoms with Crippen molar-refractivity contribution >= 4 is 63.3 Å². The summed E-state index contributed by atoms with van der Waals surface area (Å²) in [6.07, 6.45) is 0. The number of ether oxygens (including phenoxy) is 1. The van der Waals surface area contributed by atoms with Crippen molar-refractivity contribution in [2.75, 3.05) is 11.9 Å². The maximum Gasteiger partial charge on any atom is 0.339 e. The minimum absolute atomic E-state index is 0.272. The van der Waals surface area contributed by atoms with E-state index in [0.717, 1.165) is 5.56 Å². The molecule has 0 bridgehead atoms. The molecule has 0 radical (unpaired) electrons. The fourth-order valence-corrected chi connectivity index (χ4v) is 4.00. The molecule has 1 aromatic heterocycles. The highest BCUT2D eigenvalue weighted by Crippen LogP contribution is 2.32. The van der Waals surface area contributed by atoms with Gasteiger partial charge in [0.25, 0.3) is 5.91 Å². The Balaban J connectivity index is 1.59. The zero-order valence-corrected chi connectivity index (χ0v) is 19.6. The van der Waals surface area contributed by atoms with Gasteiger partial charge in [0.15, 0.2) is 6.61 Å². The van der Waals surface area contributed by atoms with Crippen LogP contribution in [0.3, 0.4) is 0 Å². The second-order valence-corrected chi connectivity index (χ2v) is 8.48. The van der Waals surface area contributed by atoms with E-state index in [1.165, 1.54) is 0 Å². The van der Waals surface area contributed by atoms with Crippen LogP contribution in [0.25, 0.3) is 22.2 Å². The maximum absolute atomic E-state index is 13.0. The second kappa shape index (κ2) is 9.79. The third kappa shape index (κ3) is 5.11. The molecule has 0 fully saturated rings. The van der Waals surface area contributed by atoms with Crippen LogP contribution in [0.5, 0.6) is 0 Å². The molecule has 1 heterocycles. The Morgan fingerprint density at radius 2 is 1.73 bits per heavy atom. The molecule has 0 atom stereocenters. The lowest BCUT2D eigenvalue weighted by Gasteiger charge is -2.12. The van der Waals surface area contributed by atoms with Gasteiger partial charge >= 0.3 is 5.97 Å². The zero-order chi connectivity index (χ0) is 23.5. The Bertz CT molecular complexity index is 1390. The quantitative estimate of drug-likeness (QED) is 0.301. The summed E-state index contributed by atoms with van der Waals surface area (Å²) in [5, 5.41) is 4.73. The number of para-hydroxylation sites is 1. The molecule has 166 valence electrons. The van der Waals surface area contributed by atoms with Crippen molar-refractivity contribution in [1.29, 1.82) is 0 Å². The minimum atomic E-state index is -0.655. The number of nitrogens with zero attached hydrogens (tertiary/aromatic N) is 1. The molecule has 4 rings (SSSR count).